The molecule has 0 aliphatic carbocycles. The van der Waals surface area contributed by atoms with Crippen LogP contribution in [0.25, 0.3) is 0 Å². The number of benzene rings is 1. The van der Waals surface area contributed by atoms with E-state index in [2.05, 4.69) is 24.3 Å². The maximum atomic E-state index is 2.15. The van der Waals surface area contributed by atoms with Crippen LogP contribution >= 0.6 is 0 Å². The Kier molecular flexibility index (Phi) is 1.51. The highest BCUT2D eigenvalue weighted by atomic mass is 27.0. The van der Waals surface area contributed by atoms with Crippen molar-refractivity contribution >= 4 is 20.7 Å². The van der Waals surface area contributed by atoms with E-state index in [-0.39, 0.29) is 1.43 Å². The van der Waals surface area contributed by atoms with Crippen LogP contribution in [0.3, 0.4) is 0 Å². The molecule has 0 aromatic heterocycles. The maximum absolute atomic E-state index is 2.15. The monoisotopic (exact) mass is 108 g/mol. The van der Waals surface area contributed by atoms with Crippen molar-refractivity contribution in [1.82, 2.24) is 0 Å². The standard InChI is InChI=1S/C6H5.Al.H2.2H/c1-2-4-6-5-3-1;;;;/h1-5H;;1H;;. The fraction of sp³-hybridized carbons (Fsp3) is 0. The van der Waals surface area contributed by atoms with Gasteiger partial charge in [0.1, 0.15) is 0 Å². The van der Waals surface area contributed by atoms with E-state index in [0.717, 1.165) is 0 Å². The average molecular weight is 108 g/mol. The van der Waals surface area contributed by atoms with Crippen LogP contribution in [0.4, 0.5) is 0 Å². The SMILES string of the molecule is [AlH2][c]1ccccc1.[HH]. The molecule has 7 heavy (non-hydrogen) atoms. The van der Waals surface area contributed by atoms with Crippen LogP contribution in [0.2, 0.25) is 0 Å². The van der Waals surface area contributed by atoms with Gasteiger partial charge in [-0.2, -0.15) is 0 Å². The minimum Gasteiger partial charge on any atom is -0.121 e. The molecular formula is C6H9Al. The van der Waals surface area contributed by atoms with E-state index >= 15 is 0 Å². The van der Waals surface area contributed by atoms with Gasteiger partial charge in [0.2, 0.25) is 0 Å². The molecule has 0 aliphatic rings. The summed E-state index contributed by atoms with van der Waals surface area (Å²) >= 11 is 1.17. The van der Waals surface area contributed by atoms with Crippen LogP contribution in [0, 0.1) is 0 Å². The summed E-state index contributed by atoms with van der Waals surface area (Å²) in [5.74, 6) is 0. The molecule has 0 aliphatic heterocycles. The molecule has 0 bridgehead atoms. The lowest BCUT2D eigenvalue weighted by Gasteiger charge is -1.83. The van der Waals surface area contributed by atoms with Crippen LogP contribution in [0.1, 0.15) is 1.43 Å². The first-order chi connectivity index (χ1) is 3.39. The highest BCUT2D eigenvalue weighted by molar-refractivity contribution is 6.32. The zero-order valence-corrected chi connectivity index (χ0v) is 6.39. The van der Waals surface area contributed by atoms with Crippen LogP contribution in [0.15, 0.2) is 30.3 Å². The summed E-state index contributed by atoms with van der Waals surface area (Å²) in [6, 6.07) is 10.5. The van der Waals surface area contributed by atoms with Crippen molar-refractivity contribution < 1.29 is 1.43 Å². The highest BCUT2D eigenvalue weighted by Crippen LogP contribution is 1.76. The van der Waals surface area contributed by atoms with E-state index in [1.54, 1.807) is 0 Å². The van der Waals surface area contributed by atoms with Crippen LogP contribution in [0.5, 0.6) is 0 Å². The third-order valence-electron chi connectivity index (χ3n) is 0.940. The Balaban J connectivity index is 0.000000490. The van der Waals surface area contributed by atoms with Crippen LogP contribution < -0.4 is 4.43 Å². The summed E-state index contributed by atoms with van der Waals surface area (Å²) in [4.78, 5) is 0. The zero-order valence-electron chi connectivity index (χ0n) is 4.39. The van der Waals surface area contributed by atoms with Gasteiger partial charge in [0.15, 0.2) is 0 Å². The summed E-state index contributed by atoms with van der Waals surface area (Å²) in [6.07, 6.45) is 0. The van der Waals surface area contributed by atoms with Gasteiger partial charge < -0.3 is 0 Å². The summed E-state index contributed by atoms with van der Waals surface area (Å²) in [5.41, 5.74) is 0. The van der Waals surface area contributed by atoms with Crippen molar-refractivity contribution in [1.29, 1.82) is 0 Å². The van der Waals surface area contributed by atoms with Gasteiger partial charge in [-0.25, -0.2) is 0 Å². The summed E-state index contributed by atoms with van der Waals surface area (Å²) < 4.78 is 1.46. The number of hydrogen-bond acceptors (Lipinski definition) is 0. The average Bonchev–Trinajstić information content (AvgIpc) is 1.69. The molecule has 0 atom stereocenters. The Morgan fingerprint density at radius 1 is 1.14 bits per heavy atom. The molecule has 1 aromatic carbocycles. The normalized spacial score (nSPS) is 8.57. The lowest BCUT2D eigenvalue weighted by atomic mass is 10.4. The van der Waals surface area contributed by atoms with Gasteiger partial charge in [0.05, 0.1) is 0 Å². The van der Waals surface area contributed by atoms with Gasteiger partial charge >= 0.3 is 0 Å². The largest absolute Gasteiger partial charge is 0.258 e. The van der Waals surface area contributed by atoms with Crippen molar-refractivity contribution in [2.75, 3.05) is 0 Å². The topological polar surface area (TPSA) is 0 Å². The van der Waals surface area contributed by atoms with Crippen molar-refractivity contribution in [2.45, 2.75) is 0 Å². The van der Waals surface area contributed by atoms with E-state index < -0.39 is 0 Å². The molecule has 36 valence electrons. The second kappa shape index (κ2) is 2.16. The van der Waals surface area contributed by atoms with E-state index in [1.807, 2.05) is 6.07 Å². The molecule has 1 aromatic rings. The van der Waals surface area contributed by atoms with Crippen LogP contribution in [-0.4, -0.2) is 16.3 Å². The van der Waals surface area contributed by atoms with E-state index in [0.29, 0.717) is 0 Å². The predicted molar refractivity (Wildman–Crippen MR) is 36.7 cm³/mol. The zero-order chi connectivity index (χ0) is 5.11. The molecule has 0 nitrogen and oxygen atoms in total. The summed E-state index contributed by atoms with van der Waals surface area (Å²) in [6.45, 7) is 0. The first-order valence-corrected chi connectivity index (χ1v) is 3.41. The number of hydrogen-bond donors (Lipinski definition) is 0. The van der Waals surface area contributed by atoms with Crippen molar-refractivity contribution in [2.24, 2.45) is 0 Å². The summed E-state index contributed by atoms with van der Waals surface area (Å²) in [5, 5.41) is 0. The van der Waals surface area contributed by atoms with Gasteiger partial charge in [0.25, 0.3) is 16.3 Å². The predicted octanol–water partition coefficient (Wildman–Crippen LogP) is 0.191. The molecule has 0 radical (unpaired) electrons. The van der Waals surface area contributed by atoms with E-state index in [1.165, 1.54) is 20.7 Å². The third kappa shape index (κ3) is 1.35. The van der Waals surface area contributed by atoms with Gasteiger partial charge in [-0.3, -0.25) is 0 Å². The van der Waals surface area contributed by atoms with E-state index in [4.69, 9.17) is 0 Å². The smallest absolute Gasteiger partial charge is 0.121 e. The molecule has 0 amide bonds. The molecule has 0 heterocycles. The molecule has 0 saturated carbocycles. The Hall–Kier alpha value is -0.248. The van der Waals surface area contributed by atoms with Crippen molar-refractivity contribution in [3.8, 4) is 0 Å². The minimum atomic E-state index is 0. The van der Waals surface area contributed by atoms with Crippen molar-refractivity contribution in [3.63, 3.8) is 0 Å². The fourth-order valence-electron chi connectivity index (χ4n) is 0.534. The lowest BCUT2D eigenvalue weighted by Crippen LogP contribution is -1.97. The first-order valence-electron chi connectivity index (χ1n) is 2.41. The molecular weight excluding hydrogens is 99.0 g/mol. The molecule has 0 unspecified atom stereocenters. The van der Waals surface area contributed by atoms with Gasteiger partial charge in [-0.05, 0) is 0 Å². The second-order valence-corrected chi connectivity index (χ2v) is 2.81. The molecule has 1 heteroatoms. The van der Waals surface area contributed by atoms with Crippen LogP contribution in [-0.2, 0) is 0 Å². The molecule has 0 saturated heterocycles. The maximum Gasteiger partial charge on any atom is 0.258 e. The summed E-state index contributed by atoms with van der Waals surface area (Å²) in [7, 11) is 0. The third-order valence-corrected chi connectivity index (χ3v) is 1.61. The van der Waals surface area contributed by atoms with E-state index in [9.17, 15) is 0 Å². The molecule has 0 fully saturated rings. The fourth-order valence-corrected chi connectivity index (χ4v) is 0.919. The van der Waals surface area contributed by atoms with Gasteiger partial charge in [-0.1, -0.05) is 30.3 Å². The highest BCUT2D eigenvalue weighted by Gasteiger charge is 1.72. The van der Waals surface area contributed by atoms with Gasteiger partial charge in [-0.15, -0.1) is 4.43 Å². The molecule has 1 rings (SSSR count). The quantitative estimate of drug-likeness (QED) is 0.416. The molecule has 0 spiro atoms. The lowest BCUT2D eigenvalue weighted by molar-refractivity contribution is 1.78. The van der Waals surface area contributed by atoms with Gasteiger partial charge in [0, 0.05) is 1.43 Å². The molecule has 0 N–H and O–H groups in total. The Bertz CT molecular complexity index is 138. The Labute approximate surface area is 53.1 Å². The number of rotatable bonds is 0. The van der Waals surface area contributed by atoms with Crippen molar-refractivity contribution in [3.05, 3.63) is 30.3 Å². The Morgan fingerprint density at radius 2 is 1.71 bits per heavy atom. The second-order valence-electron chi connectivity index (χ2n) is 1.65. The minimum absolute atomic E-state index is 0. The Morgan fingerprint density at radius 3 is 2.00 bits per heavy atom. The first kappa shape index (κ1) is 4.90.